The van der Waals surface area contributed by atoms with Crippen LogP contribution in [0.3, 0.4) is 0 Å². The van der Waals surface area contributed by atoms with Crippen molar-refractivity contribution in [1.82, 2.24) is 14.4 Å². The summed E-state index contributed by atoms with van der Waals surface area (Å²) in [6, 6.07) is 1.83. The lowest BCUT2D eigenvalue weighted by Gasteiger charge is -1.85. The summed E-state index contributed by atoms with van der Waals surface area (Å²) in [7, 11) is 0. The molecule has 0 atom stereocenters. The first-order chi connectivity index (χ1) is 5.86. The Bertz CT molecular complexity index is 320. The van der Waals surface area contributed by atoms with Crippen LogP contribution < -0.4 is 5.73 Å². The molecule has 2 heterocycles. The second-order valence-electron chi connectivity index (χ2n) is 1.99. The number of nitrogen functional groups attached to an aromatic ring is 1. The zero-order valence-electron chi connectivity index (χ0n) is 7.23. The third-order valence-corrected chi connectivity index (χ3v) is 1.25. The van der Waals surface area contributed by atoms with Crippen molar-refractivity contribution in [2.45, 2.75) is 13.8 Å². The molecule has 0 aliphatic heterocycles. The van der Waals surface area contributed by atoms with Gasteiger partial charge in [0.1, 0.15) is 5.82 Å². The third kappa shape index (κ3) is 1.53. The molecule has 0 fully saturated rings. The molecule has 0 aliphatic rings. The maximum Gasteiger partial charge on any atom is 0.235 e. The zero-order valence-corrected chi connectivity index (χ0v) is 7.23. The highest BCUT2D eigenvalue weighted by molar-refractivity contribution is 5.39. The average Bonchev–Trinajstić information content (AvgIpc) is 2.48. The van der Waals surface area contributed by atoms with Gasteiger partial charge in [-0.1, -0.05) is 13.8 Å². The molecular formula is C8H12N4. The minimum absolute atomic E-state index is 0.499. The summed E-state index contributed by atoms with van der Waals surface area (Å²) in [6.45, 7) is 4.00. The summed E-state index contributed by atoms with van der Waals surface area (Å²) < 4.78 is 1.77. The standard InChI is InChI=1S/C6H6N4.C2H6/c7-5-4-10-3-1-2-8-6(10)9-5;1-2/h1-4H,7H2;1-2H3. The number of nitrogens with two attached hydrogens (primary N) is 1. The highest BCUT2D eigenvalue weighted by Crippen LogP contribution is 2.00. The van der Waals surface area contributed by atoms with Gasteiger partial charge in [-0.05, 0) is 6.07 Å². The van der Waals surface area contributed by atoms with Crippen LogP contribution in [0.4, 0.5) is 5.82 Å². The molecule has 4 heteroatoms. The molecular weight excluding hydrogens is 152 g/mol. The maximum absolute atomic E-state index is 5.42. The van der Waals surface area contributed by atoms with Crippen LogP contribution in [0.5, 0.6) is 0 Å². The van der Waals surface area contributed by atoms with Crippen molar-refractivity contribution in [2.24, 2.45) is 0 Å². The van der Waals surface area contributed by atoms with Gasteiger partial charge in [0.05, 0.1) is 6.20 Å². The molecule has 0 radical (unpaired) electrons. The molecule has 2 rings (SSSR count). The van der Waals surface area contributed by atoms with Gasteiger partial charge in [-0.3, -0.25) is 4.40 Å². The second kappa shape index (κ2) is 3.71. The molecule has 0 saturated heterocycles. The topological polar surface area (TPSA) is 56.2 Å². The summed E-state index contributed by atoms with van der Waals surface area (Å²) >= 11 is 0. The number of hydrogen-bond acceptors (Lipinski definition) is 3. The third-order valence-electron chi connectivity index (χ3n) is 1.25. The fraction of sp³-hybridized carbons (Fsp3) is 0.250. The van der Waals surface area contributed by atoms with Gasteiger partial charge in [0.25, 0.3) is 0 Å². The Morgan fingerprint density at radius 1 is 1.42 bits per heavy atom. The zero-order chi connectivity index (χ0) is 8.97. The molecule has 4 nitrogen and oxygen atoms in total. The Balaban J connectivity index is 0.000000336. The van der Waals surface area contributed by atoms with Crippen molar-refractivity contribution in [3.63, 3.8) is 0 Å². The molecule has 0 bridgehead atoms. The van der Waals surface area contributed by atoms with Crippen LogP contribution in [0.1, 0.15) is 13.8 Å². The monoisotopic (exact) mass is 164 g/mol. The SMILES string of the molecule is CC.Nc1cn2cccnc2n1. The lowest BCUT2D eigenvalue weighted by atomic mass is 10.7. The van der Waals surface area contributed by atoms with E-state index in [1.54, 1.807) is 16.8 Å². The first kappa shape index (κ1) is 8.52. The summed E-state index contributed by atoms with van der Waals surface area (Å²) in [6.07, 6.45) is 5.26. The van der Waals surface area contributed by atoms with Gasteiger partial charge in [-0.2, -0.15) is 4.98 Å². The van der Waals surface area contributed by atoms with Crippen molar-refractivity contribution < 1.29 is 0 Å². The summed E-state index contributed by atoms with van der Waals surface area (Å²) in [5.41, 5.74) is 5.42. The molecule has 64 valence electrons. The number of aromatic nitrogens is 3. The van der Waals surface area contributed by atoms with Gasteiger partial charge in [0.15, 0.2) is 0 Å². The number of anilines is 1. The molecule has 0 aromatic carbocycles. The molecule has 0 amide bonds. The molecule has 2 aromatic rings. The van der Waals surface area contributed by atoms with Crippen LogP contribution in [0.25, 0.3) is 5.78 Å². The molecule has 0 saturated carbocycles. The van der Waals surface area contributed by atoms with E-state index in [0.717, 1.165) is 0 Å². The first-order valence-corrected chi connectivity index (χ1v) is 3.91. The molecule has 12 heavy (non-hydrogen) atoms. The van der Waals surface area contributed by atoms with Gasteiger partial charge in [0, 0.05) is 12.4 Å². The fourth-order valence-corrected chi connectivity index (χ4v) is 0.848. The number of nitrogens with zero attached hydrogens (tertiary/aromatic N) is 3. The van der Waals surface area contributed by atoms with E-state index in [2.05, 4.69) is 9.97 Å². The lowest BCUT2D eigenvalue weighted by molar-refractivity contribution is 1.11. The van der Waals surface area contributed by atoms with Crippen LogP contribution in [-0.4, -0.2) is 14.4 Å². The van der Waals surface area contributed by atoms with Crippen molar-refractivity contribution in [2.75, 3.05) is 5.73 Å². The Kier molecular flexibility index (Phi) is 2.63. The van der Waals surface area contributed by atoms with E-state index in [1.807, 2.05) is 26.1 Å². The fourth-order valence-electron chi connectivity index (χ4n) is 0.848. The van der Waals surface area contributed by atoms with Crippen molar-refractivity contribution in [3.8, 4) is 0 Å². The Morgan fingerprint density at radius 3 is 2.83 bits per heavy atom. The van der Waals surface area contributed by atoms with Crippen LogP contribution in [0.2, 0.25) is 0 Å². The molecule has 0 aliphatic carbocycles. The van der Waals surface area contributed by atoms with Gasteiger partial charge >= 0.3 is 0 Å². The van der Waals surface area contributed by atoms with Crippen molar-refractivity contribution in [1.29, 1.82) is 0 Å². The first-order valence-electron chi connectivity index (χ1n) is 3.91. The predicted octanol–water partition coefficient (Wildman–Crippen LogP) is 1.34. The highest BCUT2D eigenvalue weighted by atomic mass is 15.1. The van der Waals surface area contributed by atoms with Crippen LogP contribution in [0.15, 0.2) is 24.7 Å². The van der Waals surface area contributed by atoms with Gasteiger partial charge in [0.2, 0.25) is 5.78 Å². The quantitative estimate of drug-likeness (QED) is 0.639. The van der Waals surface area contributed by atoms with E-state index >= 15 is 0 Å². The Labute approximate surface area is 71.1 Å². The normalized spacial score (nSPS) is 9.17. The van der Waals surface area contributed by atoms with Crippen LogP contribution in [0, 0.1) is 0 Å². The second-order valence-corrected chi connectivity index (χ2v) is 1.99. The van der Waals surface area contributed by atoms with E-state index in [0.29, 0.717) is 11.6 Å². The highest BCUT2D eigenvalue weighted by Gasteiger charge is 1.94. The van der Waals surface area contributed by atoms with Gasteiger partial charge in [-0.15, -0.1) is 0 Å². The van der Waals surface area contributed by atoms with E-state index < -0.39 is 0 Å². The largest absolute Gasteiger partial charge is 0.382 e. The number of hydrogen-bond donors (Lipinski definition) is 1. The summed E-state index contributed by atoms with van der Waals surface area (Å²) in [5, 5.41) is 0. The van der Waals surface area contributed by atoms with Gasteiger partial charge < -0.3 is 5.73 Å². The smallest absolute Gasteiger partial charge is 0.235 e. The van der Waals surface area contributed by atoms with E-state index in [-0.39, 0.29) is 0 Å². The van der Waals surface area contributed by atoms with Gasteiger partial charge in [-0.25, -0.2) is 4.98 Å². The maximum atomic E-state index is 5.42. The number of fused-ring (bicyclic) bond motifs is 1. The number of imidazole rings is 1. The van der Waals surface area contributed by atoms with Crippen molar-refractivity contribution in [3.05, 3.63) is 24.7 Å². The van der Waals surface area contributed by atoms with Crippen LogP contribution >= 0.6 is 0 Å². The summed E-state index contributed by atoms with van der Waals surface area (Å²) in [4.78, 5) is 7.92. The van der Waals surface area contributed by atoms with E-state index in [1.165, 1.54) is 0 Å². The van der Waals surface area contributed by atoms with Crippen molar-refractivity contribution >= 4 is 11.6 Å². The number of rotatable bonds is 0. The lowest BCUT2D eigenvalue weighted by Crippen LogP contribution is -1.83. The van der Waals surface area contributed by atoms with E-state index in [9.17, 15) is 0 Å². The average molecular weight is 164 g/mol. The molecule has 2 aromatic heterocycles. The minimum atomic E-state index is 0.499. The van der Waals surface area contributed by atoms with Crippen LogP contribution in [-0.2, 0) is 0 Å². The predicted molar refractivity (Wildman–Crippen MR) is 48.7 cm³/mol. The Hall–Kier alpha value is -1.58. The molecule has 0 spiro atoms. The molecule has 0 unspecified atom stereocenters. The molecule has 2 N–H and O–H groups in total. The Morgan fingerprint density at radius 2 is 2.17 bits per heavy atom. The minimum Gasteiger partial charge on any atom is -0.382 e. The summed E-state index contributed by atoms with van der Waals surface area (Å²) in [5.74, 6) is 1.14. The van der Waals surface area contributed by atoms with E-state index in [4.69, 9.17) is 5.73 Å².